The molecule has 0 aliphatic carbocycles. The Balaban J connectivity index is 3.30. The number of ether oxygens (including phenoxy) is 1. The normalized spacial score (nSPS) is 12.4. The maximum Gasteiger partial charge on any atom is 0.324 e. The summed E-state index contributed by atoms with van der Waals surface area (Å²) < 4.78 is 18.8. The van der Waals surface area contributed by atoms with Crippen molar-refractivity contribution < 1.29 is 13.9 Å². The average molecular weight is 384 g/mol. The van der Waals surface area contributed by atoms with Gasteiger partial charge in [0.2, 0.25) is 0 Å². The van der Waals surface area contributed by atoms with Crippen LogP contribution >= 0.6 is 41.1 Å². The first kappa shape index (κ1) is 15.3. The zero-order valence-corrected chi connectivity index (χ0v) is 14.3. The van der Waals surface area contributed by atoms with Crippen LogP contribution in [0.15, 0.2) is 0 Å². The maximum absolute atomic E-state index is 13.9. The number of rotatable bonds is 2. The SMILES string of the molecule is Bc1c(P)c(F)c(C)c(OC(=O)C(C)I)c1P. The van der Waals surface area contributed by atoms with Crippen molar-refractivity contribution in [3.05, 3.63) is 11.4 Å². The van der Waals surface area contributed by atoms with Crippen molar-refractivity contribution in [3.63, 3.8) is 0 Å². The number of halogens is 2. The highest BCUT2D eigenvalue weighted by atomic mass is 127. The van der Waals surface area contributed by atoms with E-state index in [4.69, 9.17) is 4.74 Å². The molecule has 0 spiro atoms. The summed E-state index contributed by atoms with van der Waals surface area (Å²) in [6.07, 6.45) is 0. The maximum atomic E-state index is 13.9. The molecular weight excluding hydrogens is 371 g/mol. The van der Waals surface area contributed by atoms with Crippen molar-refractivity contribution in [2.24, 2.45) is 0 Å². The van der Waals surface area contributed by atoms with E-state index in [9.17, 15) is 9.18 Å². The van der Waals surface area contributed by atoms with E-state index in [2.05, 4.69) is 18.5 Å². The monoisotopic (exact) mass is 384 g/mol. The molecule has 3 atom stereocenters. The summed E-state index contributed by atoms with van der Waals surface area (Å²) >= 11 is 1.96. The van der Waals surface area contributed by atoms with Gasteiger partial charge in [-0.1, -0.05) is 28.1 Å². The first-order valence-electron chi connectivity index (χ1n) is 4.96. The van der Waals surface area contributed by atoms with Crippen molar-refractivity contribution in [2.45, 2.75) is 17.8 Å². The Labute approximate surface area is 119 Å². The van der Waals surface area contributed by atoms with E-state index < -0.39 is 0 Å². The number of carbonyl (C=O) groups is 1. The highest BCUT2D eigenvalue weighted by Crippen LogP contribution is 2.20. The Morgan fingerprint density at radius 1 is 1.47 bits per heavy atom. The van der Waals surface area contributed by atoms with E-state index in [1.165, 1.54) is 0 Å². The Bertz CT molecular complexity index is 451. The van der Waals surface area contributed by atoms with Crippen LogP contribution in [0.1, 0.15) is 12.5 Å². The number of alkyl halides is 1. The van der Waals surface area contributed by atoms with Gasteiger partial charge in [-0.15, -0.1) is 18.5 Å². The molecule has 92 valence electrons. The van der Waals surface area contributed by atoms with Crippen LogP contribution in [-0.4, -0.2) is 17.7 Å². The molecule has 0 heterocycles. The summed E-state index contributed by atoms with van der Waals surface area (Å²) in [5.74, 6) is -0.403. The van der Waals surface area contributed by atoms with Gasteiger partial charge in [0.25, 0.3) is 0 Å². The minimum atomic E-state index is -0.368. The third kappa shape index (κ3) is 3.18. The van der Waals surface area contributed by atoms with E-state index in [1.807, 2.05) is 22.6 Å². The smallest absolute Gasteiger partial charge is 0.324 e. The molecule has 0 aromatic heterocycles. The lowest BCUT2D eigenvalue weighted by Crippen LogP contribution is -2.36. The highest BCUT2D eigenvalue weighted by molar-refractivity contribution is 14.1. The molecule has 1 aromatic carbocycles. The quantitative estimate of drug-likeness (QED) is 0.181. The Kier molecular flexibility index (Phi) is 5.36. The second kappa shape index (κ2) is 5.94. The van der Waals surface area contributed by atoms with E-state index >= 15 is 0 Å². The lowest BCUT2D eigenvalue weighted by Gasteiger charge is -2.16. The molecule has 0 bridgehead atoms. The fraction of sp³-hybridized carbons (Fsp3) is 0.300. The second-order valence-electron chi connectivity index (χ2n) is 3.76. The van der Waals surface area contributed by atoms with Gasteiger partial charge in [0.05, 0.1) is 0 Å². The largest absolute Gasteiger partial charge is 0.425 e. The molecule has 0 amide bonds. The molecule has 0 N–H and O–H groups in total. The first-order chi connectivity index (χ1) is 7.77. The van der Waals surface area contributed by atoms with Crippen LogP contribution in [-0.2, 0) is 4.79 Å². The van der Waals surface area contributed by atoms with E-state index in [0.717, 1.165) is 10.8 Å². The molecule has 0 radical (unpaired) electrons. The molecule has 7 heteroatoms. The van der Waals surface area contributed by atoms with Gasteiger partial charge in [-0.25, -0.2) is 4.39 Å². The summed E-state index contributed by atoms with van der Waals surface area (Å²) in [6, 6.07) is 0. The van der Waals surface area contributed by atoms with Gasteiger partial charge in [0, 0.05) is 16.2 Å². The van der Waals surface area contributed by atoms with Crippen LogP contribution in [0.5, 0.6) is 5.75 Å². The zero-order chi connectivity index (χ0) is 13.3. The molecule has 0 saturated heterocycles. The lowest BCUT2D eigenvalue weighted by atomic mass is 9.93. The standard InChI is InChI=1S/C10H13BFIO2P2/c1-3-6(12)8(16)5(11)9(17)7(3)15-10(14)4(2)13/h4H,11,16-17H2,1-2H3. The van der Waals surface area contributed by atoms with Crippen LogP contribution in [0, 0.1) is 12.7 Å². The molecule has 2 nitrogen and oxygen atoms in total. The van der Waals surface area contributed by atoms with Crippen molar-refractivity contribution in [3.8, 4) is 5.75 Å². The Morgan fingerprint density at radius 2 is 2.00 bits per heavy atom. The number of hydrogen-bond acceptors (Lipinski definition) is 2. The predicted octanol–water partition coefficient (Wildman–Crippen LogP) is 0.122. The second-order valence-corrected chi connectivity index (χ2v) is 6.78. The number of benzene rings is 1. The van der Waals surface area contributed by atoms with Gasteiger partial charge in [0.1, 0.15) is 23.3 Å². The molecular formula is C10H13BFIO2P2. The summed E-state index contributed by atoms with van der Waals surface area (Å²) in [5.41, 5.74) is 1.11. The third-order valence-corrected chi connectivity index (χ3v) is 4.38. The molecule has 1 rings (SSSR count). The predicted molar refractivity (Wildman–Crippen MR) is 87.1 cm³/mol. The Hall–Kier alpha value is 0.275. The topological polar surface area (TPSA) is 26.3 Å². The molecule has 3 unspecified atom stereocenters. The summed E-state index contributed by atoms with van der Waals surface area (Å²) in [5, 5.41) is 1.23. The number of esters is 1. The van der Waals surface area contributed by atoms with Crippen molar-refractivity contribution >= 4 is 71.0 Å². The molecule has 0 saturated carbocycles. The van der Waals surface area contributed by atoms with Crippen molar-refractivity contribution in [1.82, 2.24) is 0 Å². The molecule has 0 fully saturated rings. The minimum absolute atomic E-state index is 0.268. The molecule has 0 aliphatic rings. The van der Waals surface area contributed by atoms with Gasteiger partial charge in [-0.3, -0.25) is 4.79 Å². The summed E-state index contributed by atoms with van der Waals surface area (Å²) in [7, 11) is 6.66. The van der Waals surface area contributed by atoms with Crippen LogP contribution in [0.4, 0.5) is 4.39 Å². The van der Waals surface area contributed by atoms with Gasteiger partial charge >= 0.3 is 5.97 Å². The zero-order valence-electron chi connectivity index (χ0n) is 9.80. The molecule has 1 aromatic rings. The Morgan fingerprint density at radius 3 is 2.47 bits per heavy atom. The van der Waals surface area contributed by atoms with Gasteiger partial charge in [0.15, 0.2) is 0 Å². The van der Waals surface area contributed by atoms with Gasteiger partial charge in [-0.05, 0) is 13.8 Å². The fourth-order valence-corrected chi connectivity index (χ4v) is 2.39. The fourth-order valence-electron chi connectivity index (χ4n) is 1.30. The van der Waals surface area contributed by atoms with Gasteiger partial charge in [-0.2, -0.15) is 0 Å². The lowest BCUT2D eigenvalue weighted by molar-refractivity contribution is -0.133. The van der Waals surface area contributed by atoms with Gasteiger partial charge < -0.3 is 4.74 Å². The number of carbonyl (C=O) groups excluding carboxylic acids is 1. The van der Waals surface area contributed by atoms with Crippen LogP contribution in [0.25, 0.3) is 0 Å². The average Bonchev–Trinajstić information content (AvgIpc) is 2.29. The summed E-state index contributed by atoms with van der Waals surface area (Å²) in [4.78, 5) is 11.6. The first-order valence-corrected chi connectivity index (χ1v) is 7.36. The third-order valence-electron chi connectivity index (χ3n) is 2.49. The number of hydrogen-bond donors (Lipinski definition) is 0. The van der Waals surface area contributed by atoms with E-state index in [1.54, 1.807) is 21.7 Å². The highest BCUT2D eigenvalue weighted by Gasteiger charge is 2.20. The summed E-state index contributed by atoms with van der Waals surface area (Å²) in [6.45, 7) is 3.34. The van der Waals surface area contributed by atoms with Crippen molar-refractivity contribution in [2.75, 3.05) is 0 Å². The van der Waals surface area contributed by atoms with Crippen LogP contribution < -0.4 is 20.8 Å². The van der Waals surface area contributed by atoms with Crippen molar-refractivity contribution in [1.29, 1.82) is 0 Å². The van der Waals surface area contributed by atoms with Crippen LogP contribution in [0.2, 0.25) is 0 Å². The molecule has 17 heavy (non-hydrogen) atoms. The molecule has 0 aliphatic heterocycles. The van der Waals surface area contributed by atoms with Crippen LogP contribution in [0.3, 0.4) is 0 Å². The van der Waals surface area contributed by atoms with E-state index in [0.29, 0.717) is 16.6 Å². The van der Waals surface area contributed by atoms with E-state index in [-0.39, 0.29) is 15.7 Å². The minimum Gasteiger partial charge on any atom is -0.425 e.